The molecule has 0 atom stereocenters. The molecule has 0 aromatic carbocycles. The van der Waals surface area contributed by atoms with Crippen LogP contribution >= 0.6 is 0 Å². The van der Waals surface area contributed by atoms with Crippen LogP contribution < -0.4 is 18.9 Å². The van der Waals surface area contributed by atoms with Gasteiger partial charge in [-0.25, -0.2) is 0 Å². The molecule has 0 amide bonds. The van der Waals surface area contributed by atoms with Gasteiger partial charge in [-0.15, -0.1) is 0 Å². The van der Waals surface area contributed by atoms with Crippen LogP contribution in [0.5, 0.6) is 0 Å². The first kappa shape index (κ1) is 21.3. The predicted molar refractivity (Wildman–Crippen MR) is 94.3 cm³/mol. The molecular formula is C20H31LiO. The van der Waals surface area contributed by atoms with Crippen LogP contribution in [0.2, 0.25) is 0 Å². The number of rotatable bonds is 5. The van der Waals surface area contributed by atoms with E-state index in [2.05, 4.69) is 45.9 Å². The second-order valence-corrected chi connectivity index (χ2v) is 6.67. The molecule has 1 N–H and O–H groups in total. The summed E-state index contributed by atoms with van der Waals surface area (Å²) in [5, 5.41) is 8.81. The standard InChI is InChI=1S/C20H30O.Li.H/c1-16(8-6-9-17(2)13-15-21)11-12-19-18(3)10-7-14-20(19,4)5;;/h6,8-9,11-13,21H,7,10,14-15H2,1-5H3;;/q;+1;-1/b9-6+,12-11+,16-8+,17-13+;;. The average molecular weight is 294 g/mol. The first-order valence-corrected chi connectivity index (χ1v) is 7.87. The smallest absolute Gasteiger partial charge is 1.00 e. The summed E-state index contributed by atoms with van der Waals surface area (Å²) in [5.74, 6) is 0. The second-order valence-electron chi connectivity index (χ2n) is 6.67. The van der Waals surface area contributed by atoms with Crippen LogP contribution in [-0.4, -0.2) is 11.7 Å². The summed E-state index contributed by atoms with van der Waals surface area (Å²) in [5.41, 5.74) is 5.66. The second kappa shape index (κ2) is 10.1. The van der Waals surface area contributed by atoms with E-state index in [-0.39, 0.29) is 26.9 Å². The predicted octanol–water partition coefficient (Wildman–Crippen LogP) is 2.63. The van der Waals surface area contributed by atoms with Gasteiger partial charge >= 0.3 is 18.9 Å². The number of aliphatic hydroxyl groups excluding tert-OH is 1. The Morgan fingerprint density at radius 3 is 2.50 bits per heavy atom. The van der Waals surface area contributed by atoms with Crippen LogP contribution in [0.3, 0.4) is 0 Å². The maximum Gasteiger partial charge on any atom is 1.00 e. The maximum atomic E-state index is 8.81. The molecule has 1 aliphatic carbocycles. The Labute approximate surface area is 150 Å². The van der Waals surface area contributed by atoms with E-state index in [1.165, 1.54) is 36.0 Å². The SMILES string of the molecule is CC1=C(/C=C/C(C)=C/C=C/C(C)=C/CO)C(C)(C)CCC1.[H-].[Li+]. The van der Waals surface area contributed by atoms with E-state index < -0.39 is 0 Å². The zero-order valence-corrected chi connectivity index (χ0v) is 15.2. The summed E-state index contributed by atoms with van der Waals surface area (Å²) in [6.45, 7) is 11.2. The van der Waals surface area contributed by atoms with Crippen LogP contribution in [0.4, 0.5) is 0 Å². The fourth-order valence-electron chi connectivity index (χ4n) is 2.84. The van der Waals surface area contributed by atoms with Gasteiger partial charge in [-0.05, 0) is 51.0 Å². The van der Waals surface area contributed by atoms with Gasteiger partial charge in [-0.3, -0.25) is 0 Å². The minimum atomic E-state index is 0. The number of hydrogen-bond acceptors (Lipinski definition) is 1. The maximum absolute atomic E-state index is 8.81. The van der Waals surface area contributed by atoms with Gasteiger partial charge in [0.2, 0.25) is 0 Å². The fourth-order valence-corrected chi connectivity index (χ4v) is 2.84. The molecule has 0 unspecified atom stereocenters. The van der Waals surface area contributed by atoms with Gasteiger partial charge in [-0.1, -0.05) is 67.0 Å². The van der Waals surface area contributed by atoms with E-state index in [1.807, 2.05) is 19.1 Å². The van der Waals surface area contributed by atoms with E-state index in [0.717, 1.165) is 5.57 Å². The summed E-state index contributed by atoms with van der Waals surface area (Å²) >= 11 is 0. The van der Waals surface area contributed by atoms with Crippen LogP contribution in [-0.2, 0) is 0 Å². The van der Waals surface area contributed by atoms with Crippen molar-refractivity contribution in [2.24, 2.45) is 5.41 Å². The van der Waals surface area contributed by atoms with Crippen molar-refractivity contribution in [2.75, 3.05) is 6.61 Å². The third-order valence-electron chi connectivity index (χ3n) is 4.19. The van der Waals surface area contributed by atoms with Gasteiger partial charge in [-0.2, -0.15) is 0 Å². The third kappa shape index (κ3) is 7.01. The monoisotopic (exact) mass is 294 g/mol. The van der Waals surface area contributed by atoms with E-state index in [4.69, 9.17) is 5.11 Å². The first-order valence-electron chi connectivity index (χ1n) is 7.87. The number of allylic oxidation sites excluding steroid dienone is 9. The van der Waals surface area contributed by atoms with Crippen molar-refractivity contribution >= 4 is 0 Å². The molecule has 22 heavy (non-hydrogen) atoms. The van der Waals surface area contributed by atoms with Gasteiger partial charge in [0.1, 0.15) is 0 Å². The third-order valence-corrected chi connectivity index (χ3v) is 4.19. The van der Waals surface area contributed by atoms with Crippen molar-refractivity contribution in [2.45, 2.75) is 53.9 Å². The zero-order chi connectivity index (χ0) is 15.9. The summed E-state index contributed by atoms with van der Waals surface area (Å²) in [4.78, 5) is 0. The van der Waals surface area contributed by atoms with Crippen LogP contribution in [0, 0.1) is 5.41 Å². The Balaban J connectivity index is 0. The van der Waals surface area contributed by atoms with Gasteiger partial charge in [0, 0.05) is 0 Å². The minimum absolute atomic E-state index is 0. The Hall–Kier alpha value is -0.743. The molecule has 0 fully saturated rings. The summed E-state index contributed by atoms with van der Waals surface area (Å²) in [6.07, 6.45) is 16.3. The average Bonchev–Trinajstić information content (AvgIpc) is 2.37. The molecule has 1 aliphatic rings. The van der Waals surface area contributed by atoms with Crippen molar-refractivity contribution in [3.05, 3.63) is 58.7 Å². The number of hydrogen-bond donors (Lipinski definition) is 1. The Morgan fingerprint density at radius 2 is 1.91 bits per heavy atom. The van der Waals surface area contributed by atoms with Crippen molar-refractivity contribution in [3.8, 4) is 0 Å². The van der Waals surface area contributed by atoms with Crippen molar-refractivity contribution in [1.29, 1.82) is 0 Å². The Morgan fingerprint density at radius 1 is 1.23 bits per heavy atom. The van der Waals surface area contributed by atoms with Gasteiger partial charge in [0.15, 0.2) is 0 Å². The molecule has 0 aromatic heterocycles. The molecular weight excluding hydrogens is 263 g/mol. The van der Waals surface area contributed by atoms with Gasteiger partial charge < -0.3 is 6.53 Å². The topological polar surface area (TPSA) is 20.2 Å². The van der Waals surface area contributed by atoms with Gasteiger partial charge in [0.05, 0.1) is 6.61 Å². The molecule has 0 saturated heterocycles. The normalized spacial score (nSPS) is 19.9. The van der Waals surface area contributed by atoms with Crippen molar-refractivity contribution < 1.29 is 25.4 Å². The molecule has 0 bridgehead atoms. The molecule has 118 valence electrons. The Bertz CT molecular complexity index is 508. The molecule has 2 heteroatoms. The molecule has 1 rings (SSSR count). The van der Waals surface area contributed by atoms with E-state index in [1.54, 1.807) is 6.08 Å². The molecule has 0 saturated carbocycles. The molecule has 0 aromatic rings. The van der Waals surface area contributed by atoms with Crippen LogP contribution in [0.25, 0.3) is 0 Å². The van der Waals surface area contributed by atoms with E-state index in [9.17, 15) is 0 Å². The van der Waals surface area contributed by atoms with Gasteiger partial charge in [0.25, 0.3) is 0 Å². The molecule has 0 radical (unpaired) electrons. The quantitative estimate of drug-likeness (QED) is 0.610. The summed E-state index contributed by atoms with van der Waals surface area (Å²) < 4.78 is 0. The van der Waals surface area contributed by atoms with Crippen molar-refractivity contribution in [1.82, 2.24) is 0 Å². The molecule has 0 heterocycles. The summed E-state index contributed by atoms with van der Waals surface area (Å²) in [6, 6.07) is 0. The molecule has 0 spiro atoms. The van der Waals surface area contributed by atoms with Crippen molar-refractivity contribution in [3.63, 3.8) is 0 Å². The largest absolute Gasteiger partial charge is 1.00 e. The number of aliphatic hydroxyl groups is 1. The van der Waals surface area contributed by atoms with Crippen LogP contribution in [0.15, 0.2) is 58.7 Å². The fraction of sp³-hybridized carbons (Fsp3) is 0.500. The zero-order valence-electron chi connectivity index (χ0n) is 16.2. The van der Waals surface area contributed by atoms with E-state index >= 15 is 0 Å². The van der Waals surface area contributed by atoms with E-state index in [0.29, 0.717) is 5.41 Å². The minimum Gasteiger partial charge on any atom is -1.00 e. The molecule has 0 aliphatic heterocycles. The first-order chi connectivity index (χ1) is 9.86. The molecule has 1 nitrogen and oxygen atoms in total. The van der Waals surface area contributed by atoms with Crippen LogP contribution in [0.1, 0.15) is 55.3 Å². The Kier molecular flexibility index (Phi) is 9.77. The summed E-state index contributed by atoms with van der Waals surface area (Å²) in [7, 11) is 0.